The van der Waals surface area contributed by atoms with E-state index >= 15 is 0 Å². The predicted molar refractivity (Wildman–Crippen MR) is 145 cm³/mol. The van der Waals surface area contributed by atoms with Crippen LogP contribution in [0.5, 0.6) is 0 Å². The lowest BCUT2D eigenvalue weighted by Gasteiger charge is -2.35. The van der Waals surface area contributed by atoms with Gasteiger partial charge in [0.2, 0.25) is 11.9 Å². The first kappa shape index (κ1) is 25.8. The minimum atomic E-state index is -0.560. The van der Waals surface area contributed by atoms with E-state index in [-0.39, 0.29) is 24.5 Å². The van der Waals surface area contributed by atoms with Gasteiger partial charge in [-0.1, -0.05) is 43.5 Å². The Labute approximate surface area is 220 Å². The Morgan fingerprint density at radius 3 is 2.68 bits per heavy atom. The summed E-state index contributed by atoms with van der Waals surface area (Å²) in [6.45, 7) is 3.49. The number of fused-ring (bicyclic) bond motifs is 1. The molecule has 2 aromatic rings. The Hall–Kier alpha value is -2.85. The summed E-state index contributed by atoms with van der Waals surface area (Å²) in [5.41, 5.74) is 5.35. The minimum absolute atomic E-state index is 0.00143. The molecule has 1 saturated carbocycles. The van der Waals surface area contributed by atoms with Crippen molar-refractivity contribution in [3.8, 4) is 0 Å². The maximum absolute atomic E-state index is 13.9. The molecule has 3 N–H and O–H groups in total. The molecule has 1 unspecified atom stereocenters. The van der Waals surface area contributed by atoms with Crippen molar-refractivity contribution in [2.75, 3.05) is 18.0 Å². The molecule has 1 aliphatic heterocycles. The molecule has 2 aromatic heterocycles. The number of nitrogens with zero attached hydrogens (tertiary/aromatic N) is 5. The molecule has 0 aromatic carbocycles. The summed E-state index contributed by atoms with van der Waals surface area (Å²) in [5, 5.41) is 3.67. The zero-order valence-corrected chi connectivity index (χ0v) is 22.3. The lowest BCUT2D eigenvalue weighted by molar-refractivity contribution is -0.122. The van der Waals surface area contributed by atoms with Crippen LogP contribution in [0, 0.1) is 5.41 Å². The van der Waals surface area contributed by atoms with Crippen LogP contribution in [0.2, 0.25) is 0 Å². The number of halogens is 1. The van der Waals surface area contributed by atoms with Crippen LogP contribution in [0.15, 0.2) is 32.8 Å². The number of amides is 1. The van der Waals surface area contributed by atoms with Crippen LogP contribution < -0.4 is 27.2 Å². The lowest BCUT2D eigenvalue weighted by Crippen LogP contribution is -2.45. The van der Waals surface area contributed by atoms with Gasteiger partial charge in [0.05, 0.1) is 0 Å². The van der Waals surface area contributed by atoms with Crippen molar-refractivity contribution in [2.24, 2.45) is 18.2 Å². The second kappa shape index (κ2) is 10.1. The van der Waals surface area contributed by atoms with E-state index in [0.717, 1.165) is 49.6 Å². The van der Waals surface area contributed by atoms with Gasteiger partial charge in [-0.2, -0.15) is 4.98 Å². The highest BCUT2D eigenvalue weighted by atomic mass is 35.5. The van der Waals surface area contributed by atoms with Gasteiger partial charge in [-0.05, 0) is 38.2 Å². The van der Waals surface area contributed by atoms with E-state index in [1.54, 1.807) is 7.05 Å². The fraction of sp³-hybridized carbons (Fsp3) is 0.615. The van der Waals surface area contributed by atoms with Crippen molar-refractivity contribution in [3.05, 3.63) is 44.1 Å². The number of aromatic nitrogens is 4. The number of carbonyl (C=O) groups is 1. The first-order valence-electron chi connectivity index (χ1n) is 13.2. The molecule has 2 fully saturated rings. The Morgan fingerprint density at radius 1 is 1.22 bits per heavy atom. The number of carbonyl (C=O) groups excluding carboxylic acids is 1. The van der Waals surface area contributed by atoms with Crippen LogP contribution in [-0.4, -0.2) is 49.8 Å². The van der Waals surface area contributed by atoms with Gasteiger partial charge in [0.25, 0.3) is 5.56 Å². The van der Waals surface area contributed by atoms with E-state index < -0.39 is 16.7 Å². The first-order valence-corrected chi connectivity index (χ1v) is 13.6. The largest absolute Gasteiger partial charge is 0.352 e. The number of hydrogen-bond donors (Lipinski definition) is 2. The number of nitrogens with two attached hydrogens (primary N) is 1. The predicted octanol–water partition coefficient (Wildman–Crippen LogP) is 1.97. The van der Waals surface area contributed by atoms with Gasteiger partial charge in [-0.25, -0.2) is 9.36 Å². The Kier molecular flexibility index (Phi) is 7.06. The number of allylic oxidation sites excluding steroid dienone is 4. The normalized spacial score (nSPS) is 24.6. The Bertz CT molecular complexity index is 1380. The fourth-order valence-corrected chi connectivity index (χ4v) is 6.05. The van der Waals surface area contributed by atoms with Gasteiger partial charge in [0.1, 0.15) is 6.54 Å². The SMILES string of the molecule is Cn1c(=O)n(CC(=O)NC2CCCC2)c(=O)c2c1nc(N1CCC[C@@H](N)C1)n2CC1(C)CC=CC=C1Cl. The average molecular weight is 530 g/mol. The molecular formula is C26H36ClN7O3. The molecule has 0 bridgehead atoms. The number of rotatable bonds is 6. The van der Waals surface area contributed by atoms with Crippen LogP contribution in [0.4, 0.5) is 5.95 Å². The molecule has 0 spiro atoms. The van der Waals surface area contributed by atoms with Crippen molar-refractivity contribution in [3.63, 3.8) is 0 Å². The van der Waals surface area contributed by atoms with E-state index in [4.69, 9.17) is 22.3 Å². The average Bonchev–Trinajstić information content (AvgIpc) is 3.50. The van der Waals surface area contributed by atoms with E-state index in [2.05, 4.69) is 23.2 Å². The van der Waals surface area contributed by atoms with Gasteiger partial charge in [0.15, 0.2) is 11.2 Å². The standard InChI is InChI=1S/C26H36ClN7O3/c1-26(12-6-5-11-19(26)27)16-34-21-22(30-24(34)32-13-7-8-17(28)14-32)31(2)25(37)33(23(21)36)15-20(35)29-18-9-3-4-10-18/h5-6,11,17-18H,3-4,7-10,12-16,28H2,1-2H3,(H,29,35)/t17-,26?/m1/s1. The summed E-state index contributed by atoms with van der Waals surface area (Å²) < 4.78 is 4.27. The lowest BCUT2D eigenvalue weighted by atomic mass is 9.83. The molecule has 0 radical (unpaired) electrons. The third-order valence-corrected chi connectivity index (χ3v) is 8.59. The zero-order chi connectivity index (χ0) is 26.3. The van der Waals surface area contributed by atoms with Gasteiger partial charge in [-0.3, -0.25) is 14.2 Å². The molecule has 200 valence electrons. The third-order valence-electron chi connectivity index (χ3n) is 8.01. The second-order valence-electron chi connectivity index (χ2n) is 11.0. The summed E-state index contributed by atoms with van der Waals surface area (Å²) in [7, 11) is 1.59. The molecule has 37 heavy (non-hydrogen) atoms. The summed E-state index contributed by atoms with van der Waals surface area (Å²) in [5.74, 6) is 0.278. The number of imidazole rings is 1. The molecule has 3 heterocycles. The maximum Gasteiger partial charge on any atom is 0.332 e. The maximum atomic E-state index is 13.9. The minimum Gasteiger partial charge on any atom is -0.352 e. The Balaban J connectivity index is 1.62. The van der Waals surface area contributed by atoms with Crippen molar-refractivity contribution < 1.29 is 4.79 Å². The number of anilines is 1. The van der Waals surface area contributed by atoms with Gasteiger partial charge >= 0.3 is 5.69 Å². The molecule has 1 amide bonds. The molecule has 5 rings (SSSR count). The van der Waals surface area contributed by atoms with Crippen LogP contribution in [0.3, 0.4) is 0 Å². The zero-order valence-electron chi connectivity index (χ0n) is 21.6. The number of hydrogen-bond acceptors (Lipinski definition) is 6. The smallest absolute Gasteiger partial charge is 0.332 e. The van der Waals surface area contributed by atoms with Crippen LogP contribution in [0.1, 0.15) is 51.9 Å². The molecule has 1 saturated heterocycles. The highest BCUT2D eigenvalue weighted by Gasteiger charge is 2.34. The van der Waals surface area contributed by atoms with E-state index in [1.165, 1.54) is 4.57 Å². The van der Waals surface area contributed by atoms with Crippen molar-refractivity contribution in [2.45, 2.75) is 77.0 Å². The fourth-order valence-electron chi connectivity index (χ4n) is 5.84. The third kappa shape index (κ3) is 4.88. The molecule has 3 aliphatic rings. The monoisotopic (exact) mass is 529 g/mol. The second-order valence-corrected chi connectivity index (χ2v) is 11.4. The molecule has 11 heteroatoms. The highest BCUT2D eigenvalue weighted by molar-refractivity contribution is 6.30. The van der Waals surface area contributed by atoms with Crippen molar-refractivity contribution >= 4 is 34.6 Å². The van der Waals surface area contributed by atoms with Gasteiger partial charge < -0.3 is 20.5 Å². The van der Waals surface area contributed by atoms with Crippen LogP contribution in [-0.2, 0) is 24.9 Å². The summed E-state index contributed by atoms with van der Waals surface area (Å²) in [6.07, 6.45) is 12.4. The Morgan fingerprint density at radius 2 is 1.97 bits per heavy atom. The summed E-state index contributed by atoms with van der Waals surface area (Å²) in [4.78, 5) is 46.9. The first-order chi connectivity index (χ1) is 17.7. The molecular weight excluding hydrogens is 494 g/mol. The number of nitrogens with one attached hydrogen (secondary N) is 1. The topological polar surface area (TPSA) is 120 Å². The van der Waals surface area contributed by atoms with Crippen LogP contribution >= 0.6 is 11.6 Å². The van der Waals surface area contributed by atoms with E-state index in [9.17, 15) is 14.4 Å². The quantitative estimate of drug-likeness (QED) is 0.590. The van der Waals surface area contributed by atoms with Gasteiger partial charge in [0, 0.05) is 49.2 Å². The van der Waals surface area contributed by atoms with Crippen molar-refractivity contribution in [1.82, 2.24) is 24.0 Å². The summed E-state index contributed by atoms with van der Waals surface area (Å²) >= 11 is 6.68. The van der Waals surface area contributed by atoms with Crippen molar-refractivity contribution in [1.29, 1.82) is 0 Å². The van der Waals surface area contributed by atoms with Gasteiger partial charge in [-0.15, -0.1) is 0 Å². The van der Waals surface area contributed by atoms with Crippen LogP contribution in [0.25, 0.3) is 11.2 Å². The molecule has 2 atom stereocenters. The van der Waals surface area contributed by atoms with E-state index in [0.29, 0.717) is 41.7 Å². The number of aryl methyl sites for hydroxylation is 1. The van der Waals surface area contributed by atoms with E-state index in [1.807, 2.05) is 16.7 Å². The number of piperidine rings is 1. The molecule has 2 aliphatic carbocycles. The highest BCUT2D eigenvalue weighted by Crippen LogP contribution is 2.40. The molecule has 10 nitrogen and oxygen atoms in total. The summed E-state index contributed by atoms with van der Waals surface area (Å²) in [6, 6.07) is 0.0999.